The lowest BCUT2D eigenvalue weighted by Crippen LogP contribution is -2.33. The van der Waals surface area contributed by atoms with Crippen molar-refractivity contribution in [3.8, 4) is 0 Å². The molecule has 2 aromatic rings. The third-order valence-electron chi connectivity index (χ3n) is 3.46. The fraction of sp³-hybridized carbons (Fsp3) is 0.462. The van der Waals surface area contributed by atoms with E-state index in [1.807, 2.05) is 18.2 Å². The Morgan fingerprint density at radius 1 is 1.28 bits per heavy atom. The molecule has 94 valence electrons. The molecule has 5 nitrogen and oxygen atoms in total. The highest BCUT2D eigenvalue weighted by Gasteiger charge is 2.36. The molecule has 0 aromatic carbocycles. The molecule has 1 aliphatic carbocycles. The van der Waals surface area contributed by atoms with E-state index in [4.69, 9.17) is 10.3 Å². The maximum Gasteiger partial charge on any atom is 0.246 e. The van der Waals surface area contributed by atoms with Crippen molar-refractivity contribution < 1.29 is 4.52 Å². The summed E-state index contributed by atoms with van der Waals surface area (Å²) in [6, 6.07) is 5.78. The van der Waals surface area contributed by atoms with Gasteiger partial charge in [0.2, 0.25) is 5.89 Å². The number of hydrogen-bond acceptors (Lipinski definition) is 5. The number of rotatable bonds is 3. The molecule has 1 fully saturated rings. The van der Waals surface area contributed by atoms with Crippen LogP contribution >= 0.6 is 0 Å². The van der Waals surface area contributed by atoms with Crippen molar-refractivity contribution in [2.24, 2.45) is 5.73 Å². The average Bonchev–Trinajstić information content (AvgIpc) is 3.01. The van der Waals surface area contributed by atoms with Gasteiger partial charge < -0.3 is 10.3 Å². The van der Waals surface area contributed by atoms with Gasteiger partial charge in [-0.25, -0.2) is 0 Å². The van der Waals surface area contributed by atoms with Gasteiger partial charge in [-0.2, -0.15) is 4.98 Å². The van der Waals surface area contributed by atoms with Crippen LogP contribution in [0.25, 0.3) is 0 Å². The summed E-state index contributed by atoms with van der Waals surface area (Å²) in [4.78, 5) is 8.66. The van der Waals surface area contributed by atoms with Gasteiger partial charge in [-0.05, 0) is 25.0 Å². The Morgan fingerprint density at radius 2 is 2.11 bits per heavy atom. The van der Waals surface area contributed by atoms with Crippen molar-refractivity contribution in [3.05, 3.63) is 41.8 Å². The highest BCUT2D eigenvalue weighted by Crippen LogP contribution is 2.35. The highest BCUT2D eigenvalue weighted by atomic mass is 16.5. The molecule has 0 bridgehead atoms. The maximum absolute atomic E-state index is 6.28. The van der Waals surface area contributed by atoms with Gasteiger partial charge in [0.05, 0.1) is 12.0 Å². The van der Waals surface area contributed by atoms with E-state index in [0.29, 0.717) is 18.1 Å². The zero-order valence-electron chi connectivity index (χ0n) is 10.2. The summed E-state index contributed by atoms with van der Waals surface area (Å²) >= 11 is 0. The molecule has 1 saturated carbocycles. The largest absolute Gasteiger partial charge is 0.337 e. The molecule has 2 N–H and O–H groups in total. The third kappa shape index (κ3) is 2.13. The Bertz CT molecular complexity index is 517. The molecule has 3 rings (SSSR count). The van der Waals surface area contributed by atoms with Gasteiger partial charge in [0.15, 0.2) is 5.82 Å². The van der Waals surface area contributed by atoms with Crippen LogP contribution < -0.4 is 5.73 Å². The lowest BCUT2D eigenvalue weighted by Gasteiger charge is -2.17. The maximum atomic E-state index is 6.28. The first-order valence-electron chi connectivity index (χ1n) is 6.28. The molecule has 0 unspecified atom stereocenters. The van der Waals surface area contributed by atoms with Crippen molar-refractivity contribution in [1.29, 1.82) is 0 Å². The van der Waals surface area contributed by atoms with E-state index in [1.165, 1.54) is 0 Å². The van der Waals surface area contributed by atoms with Crippen LogP contribution in [0, 0.1) is 0 Å². The molecule has 0 amide bonds. The van der Waals surface area contributed by atoms with Crippen molar-refractivity contribution in [1.82, 2.24) is 15.1 Å². The normalized spacial score (nSPS) is 18.1. The SMILES string of the molecule is NC1(c2nc(Cc3ccccn3)no2)CCCC1. The van der Waals surface area contributed by atoms with Gasteiger partial charge in [-0.15, -0.1) is 0 Å². The van der Waals surface area contributed by atoms with Gasteiger partial charge in [0, 0.05) is 11.9 Å². The molecule has 0 saturated heterocycles. The highest BCUT2D eigenvalue weighted by molar-refractivity contribution is 5.11. The lowest BCUT2D eigenvalue weighted by atomic mass is 9.99. The molecule has 0 spiro atoms. The van der Waals surface area contributed by atoms with Crippen molar-refractivity contribution in [2.45, 2.75) is 37.6 Å². The fourth-order valence-corrected chi connectivity index (χ4v) is 2.41. The van der Waals surface area contributed by atoms with Crippen LogP contribution in [0.3, 0.4) is 0 Å². The van der Waals surface area contributed by atoms with Gasteiger partial charge in [0.1, 0.15) is 0 Å². The van der Waals surface area contributed by atoms with Crippen molar-refractivity contribution >= 4 is 0 Å². The first-order chi connectivity index (χ1) is 8.76. The monoisotopic (exact) mass is 244 g/mol. The Labute approximate surface area is 105 Å². The lowest BCUT2D eigenvalue weighted by molar-refractivity contribution is 0.284. The predicted molar refractivity (Wildman–Crippen MR) is 65.7 cm³/mol. The Hall–Kier alpha value is -1.75. The first-order valence-corrected chi connectivity index (χ1v) is 6.28. The smallest absolute Gasteiger partial charge is 0.246 e. The zero-order valence-corrected chi connectivity index (χ0v) is 10.2. The summed E-state index contributed by atoms with van der Waals surface area (Å²) in [7, 11) is 0. The standard InChI is InChI=1S/C13H16N4O/c14-13(6-2-3-7-13)12-16-11(17-18-12)9-10-5-1-4-8-15-10/h1,4-5,8H,2-3,6-7,9,14H2. The van der Waals surface area contributed by atoms with E-state index in [1.54, 1.807) is 6.20 Å². The molecule has 2 heterocycles. The van der Waals surface area contributed by atoms with Crippen LogP contribution in [-0.4, -0.2) is 15.1 Å². The molecule has 0 atom stereocenters. The third-order valence-corrected chi connectivity index (χ3v) is 3.46. The second-order valence-corrected chi connectivity index (χ2v) is 4.88. The van der Waals surface area contributed by atoms with Crippen molar-refractivity contribution in [2.75, 3.05) is 0 Å². The summed E-state index contributed by atoms with van der Waals surface area (Å²) in [5.74, 6) is 1.23. The molecule has 2 aromatic heterocycles. The average molecular weight is 244 g/mol. The zero-order chi connectivity index (χ0) is 12.4. The number of hydrogen-bond donors (Lipinski definition) is 1. The van der Waals surface area contributed by atoms with Crippen molar-refractivity contribution in [3.63, 3.8) is 0 Å². The van der Waals surface area contributed by atoms with E-state index < -0.39 is 5.54 Å². The number of pyridine rings is 1. The number of nitrogens with two attached hydrogens (primary N) is 1. The number of nitrogens with zero attached hydrogens (tertiary/aromatic N) is 3. The number of aromatic nitrogens is 3. The van der Waals surface area contributed by atoms with Crippen LogP contribution in [-0.2, 0) is 12.0 Å². The topological polar surface area (TPSA) is 77.8 Å². The molecular formula is C13H16N4O. The quantitative estimate of drug-likeness (QED) is 0.890. The van der Waals surface area contributed by atoms with Crippen LogP contribution in [0.15, 0.2) is 28.9 Å². The van der Waals surface area contributed by atoms with E-state index in [2.05, 4.69) is 15.1 Å². The minimum Gasteiger partial charge on any atom is -0.337 e. The van der Waals surface area contributed by atoms with Gasteiger partial charge in [-0.3, -0.25) is 4.98 Å². The Kier molecular flexibility index (Phi) is 2.83. The summed E-state index contributed by atoms with van der Waals surface area (Å²) in [6.07, 6.45) is 6.47. The van der Waals surface area contributed by atoms with Gasteiger partial charge in [-0.1, -0.05) is 24.1 Å². The molecule has 0 radical (unpaired) electrons. The Morgan fingerprint density at radius 3 is 2.83 bits per heavy atom. The van der Waals surface area contributed by atoms with E-state index in [0.717, 1.165) is 31.4 Å². The second-order valence-electron chi connectivity index (χ2n) is 4.88. The Balaban J connectivity index is 1.78. The molecular weight excluding hydrogens is 228 g/mol. The summed E-state index contributed by atoms with van der Waals surface area (Å²) in [6.45, 7) is 0. The van der Waals surface area contributed by atoms with E-state index in [9.17, 15) is 0 Å². The van der Waals surface area contributed by atoms with Crippen LogP contribution in [0.4, 0.5) is 0 Å². The molecule has 0 aliphatic heterocycles. The minimum absolute atomic E-state index is 0.407. The van der Waals surface area contributed by atoms with Crippen LogP contribution in [0.2, 0.25) is 0 Å². The summed E-state index contributed by atoms with van der Waals surface area (Å²) in [5, 5.41) is 4.00. The minimum atomic E-state index is -0.407. The van der Waals surface area contributed by atoms with Crippen LogP contribution in [0.5, 0.6) is 0 Å². The van der Waals surface area contributed by atoms with E-state index >= 15 is 0 Å². The molecule has 18 heavy (non-hydrogen) atoms. The molecule has 5 heteroatoms. The van der Waals surface area contributed by atoms with Gasteiger partial charge >= 0.3 is 0 Å². The second kappa shape index (κ2) is 4.49. The fourth-order valence-electron chi connectivity index (χ4n) is 2.41. The first kappa shape index (κ1) is 11.3. The summed E-state index contributed by atoms with van der Waals surface area (Å²) in [5.41, 5.74) is 6.80. The summed E-state index contributed by atoms with van der Waals surface area (Å²) < 4.78 is 5.31. The van der Waals surface area contributed by atoms with Gasteiger partial charge in [0.25, 0.3) is 0 Å². The van der Waals surface area contributed by atoms with Crippen LogP contribution in [0.1, 0.15) is 43.1 Å². The predicted octanol–water partition coefficient (Wildman–Crippen LogP) is 1.78. The van der Waals surface area contributed by atoms with E-state index in [-0.39, 0.29) is 0 Å². The molecule has 1 aliphatic rings.